The Labute approximate surface area is 112 Å². The molecule has 0 aromatic carbocycles. The second-order valence-electron chi connectivity index (χ2n) is 4.33. The van der Waals surface area contributed by atoms with Crippen molar-refractivity contribution in [3.63, 3.8) is 0 Å². The van der Waals surface area contributed by atoms with Crippen molar-refractivity contribution in [1.29, 1.82) is 0 Å². The fraction of sp³-hybridized carbons (Fsp3) is 0.455. The number of halogens is 3. The molecule has 1 aliphatic rings. The number of hydrogen-bond acceptors (Lipinski definition) is 4. The Hall–Kier alpha value is -2.19. The molecule has 1 saturated heterocycles. The van der Waals surface area contributed by atoms with E-state index in [0.29, 0.717) is 0 Å². The quantitative estimate of drug-likeness (QED) is 0.863. The maximum atomic E-state index is 11.9. The predicted octanol–water partition coefficient (Wildman–Crippen LogP) is 0.227. The maximum absolute atomic E-state index is 11.9. The van der Waals surface area contributed by atoms with Crippen molar-refractivity contribution in [3.05, 3.63) is 24.3 Å². The van der Waals surface area contributed by atoms with E-state index in [2.05, 4.69) is 9.97 Å². The van der Waals surface area contributed by atoms with Crippen molar-refractivity contribution in [3.8, 4) is 0 Å². The van der Waals surface area contributed by atoms with E-state index >= 15 is 0 Å². The second-order valence-corrected chi connectivity index (χ2v) is 4.33. The fourth-order valence-corrected chi connectivity index (χ4v) is 1.71. The van der Waals surface area contributed by atoms with E-state index in [1.807, 2.05) is 0 Å². The van der Waals surface area contributed by atoms with E-state index in [1.165, 1.54) is 23.5 Å². The SMILES string of the molecule is O=C(NCC(F)(F)F)C1CN(C(=O)c2cnccn2)C1. The zero-order chi connectivity index (χ0) is 14.8. The van der Waals surface area contributed by atoms with Crippen LogP contribution in [0.5, 0.6) is 0 Å². The Morgan fingerprint density at radius 1 is 1.35 bits per heavy atom. The van der Waals surface area contributed by atoms with Crippen LogP contribution in [-0.2, 0) is 4.79 Å². The van der Waals surface area contributed by atoms with Gasteiger partial charge in [-0.1, -0.05) is 0 Å². The van der Waals surface area contributed by atoms with Crippen molar-refractivity contribution < 1.29 is 22.8 Å². The summed E-state index contributed by atoms with van der Waals surface area (Å²) in [5.41, 5.74) is 0.140. The van der Waals surface area contributed by atoms with Crippen LogP contribution in [0.15, 0.2) is 18.6 Å². The van der Waals surface area contributed by atoms with Crippen molar-refractivity contribution in [2.24, 2.45) is 5.92 Å². The topological polar surface area (TPSA) is 75.2 Å². The molecule has 1 aromatic heterocycles. The zero-order valence-corrected chi connectivity index (χ0v) is 10.2. The van der Waals surface area contributed by atoms with Crippen LogP contribution in [0.4, 0.5) is 13.2 Å². The molecule has 1 fully saturated rings. The van der Waals surface area contributed by atoms with Gasteiger partial charge < -0.3 is 10.2 Å². The molecule has 0 aliphatic carbocycles. The van der Waals surface area contributed by atoms with Gasteiger partial charge in [-0.3, -0.25) is 14.6 Å². The van der Waals surface area contributed by atoms with Crippen LogP contribution in [0.1, 0.15) is 10.5 Å². The Morgan fingerprint density at radius 2 is 2.05 bits per heavy atom. The third-order valence-electron chi connectivity index (χ3n) is 2.78. The summed E-state index contributed by atoms with van der Waals surface area (Å²) in [5.74, 6) is -1.71. The van der Waals surface area contributed by atoms with Crippen molar-refractivity contribution in [1.82, 2.24) is 20.2 Å². The minimum atomic E-state index is -4.44. The van der Waals surface area contributed by atoms with Gasteiger partial charge in [0.2, 0.25) is 5.91 Å². The van der Waals surface area contributed by atoms with Crippen LogP contribution in [0.3, 0.4) is 0 Å². The first-order chi connectivity index (χ1) is 9.37. The highest BCUT2D eigenvalue weighted by Gasteiger charge is 2.38. The first kappa shape index (κ1) is 14.2. The Bertz CT molecular complexity index is 500. The summed E-state index contributed by atoms with van der Waals surface area (Å²) in [6.07, 6.45) is -0.366. The number of aromatic nitrogens is 2. The number of likely N-dealkylation sites (tertiary alicyclic amines) is 1. The molecule has 9 heteroatoms. The lowest BCUT2D eigenvalue weighted by molar-refractivity contribution is -0.143. The average Bonchev–Trinajstić information content (AvgIpc) is 2.34. The van der Waals surface area contributed by atoms with Crippen LogP contribution in [0.25, 0.3) is 0 Å². The lowest BCUT2D eigenvalue weighted by Crippen LogP contribution is -2.56. The third kappa shape index (κ3) is 3.43. The predicted molar refractivity (Wildman–Crippen MR) is 60.5 cm³/mol. The minimum Gasteiger partial charge on any atom is -0.347 e. The highest BCUT2D eigenvalue weighted by Crippen LogP contribution is 2.19. The molecule has 20 heavy (non-hydrogen) atoms. The largest absolute Gasteiger partial charge is 0.405 e. The normalized spacial score (nSPS) is 15.7. The maximum Gasteiger partial charge on any atom is 0.405 e. The van der Waals surface area contributed by atoms with Crippen LogP contribution in [0.2, 0.25) is 0 Å². The molecule has 2 amide bonds. The van der Waals surface area contributed by atoms with Gasteiger partial charge in [0.25, 0.3) is 5.91 Å². The molecule has 0 bridgehead atoms. The first-order valence-electron chi connectivity index (χ1n) is 5.76. The molecule has 1 aromatic rings. The van der Waals surface area contributed by atoms with E-state index in [-0.39, 0.29) is 18.8 Å². The number of amides is 2. The van der Waals surface area contributed by atoms with Gasteiger partial charge in [0, 0.05) is 25.5 Å². The first-order valence-corrected chi connectivity index (χ1v) is 5.76. The van der Waals surface area contributed by atoms with E-state index < -0.39 is 30.5 Å². The van der Waals surface area contributed by atoms with Gasteiger partial charge in [-0.05, 0) is 0 Å². The minimum absolute atomic E-state index is 0.0824. The molecule has 2 heterocycles. The number of nitrogens with zero attached hydrogens (tertiary/aromatic N) is 3. The summed E-state index contributed by atoms with van der Waals surface area (Å²) in [7, 11) is 0. The molecule has 0 radical (unpaired) electrons. The van der Waals surface area contributed by atoms with E-state index in [1.54, 1.807) is 5.32 Å². The van der Waals surface area contributed by atoms with Crippen LogP contribution < -0.4 is 5.32 Å². The average molecular weight is 288 g/mol. The number of hydrogen-bond donors (Lipinski definition) is 1. The summed E-state index contributed by atoms with van der Waals surface area (Å²) < 4.78 is 35.8. The second kappa shape index (κ2) is 5.43. The van der Waals surface area contributed by atoms with Gasteiger partial charge in [-0.2, -0.15) is 13.2 Å². The Kier molecular flexibility index (Phi) is 3.86. The summed E-state index contributed by atoms with van der Waals surface area (Å²) in [5, 5.41) is 1.79. The fourth-order valence-electron chi connectivity index (χ4n) is 1.71. The number of rotatable bonds is 3. The van der Waals surface area contributed by atoms with Crippen LogP contribution in [0, 0.1) is 5.92 Å². The molecule has 2 rings (SSSR count). The molecular formula is C11H11F3N4O2. The van der Waals surface area contributed by atoms with Crippen molar-refractivity contribution in [2.45, 2.75) is 6.18 Å². The van der Waals surface area contributed by atoms with Gasteiger partial charge in [0.1, 0.15) is 12.2 Å². The number of alkyl halides is 3. The van der Waals surface area contributed by atoms with E-state index in [9.17, 15) is 22.8 Å². The number of carbonyl (C=O) groups is 2. The monoisotopic (exact) mass is 288 g/mol. The Morgan fingerprint density at radius 3 is 2.60 bits per heavy atom. The van der Waals surface area contributed by atoms with Crippen LogP contribution >= 0.6 is 0 Å². The van der Waals surface area contributed by atoms with Gasteiger partial charge in [0.15, 0.2) is 0 Å². The summed E-state index contributed by atoms with van der Waals surface area (Å²) in [6, 6.07) is 0. The van der Waals surface area contributed by atoms with E-state index in [4.69, 9.17) is 0 Å². The summed E-state index contributed by atoms with van der Waals surface area (Å²) in [6.45, 7) is -1.20. The zero-order valence-electron chi connectivity index (χ0n) is 10.2. The molecular weight excluding hydrogens is 277 g/mol. The molecule has 1 N–H and O–H groups in total. The molecule has 0 saturated carbocycles. The standard InChI is InChI=1S/C11H11F3N4O2/c12-11(13,14)6-17-9(19)7-4-18(5-7)10(20)8-3-15-1-2-16-8/h1-3,7H,4-6H2,(H,17,19). The smallest absolute Gasteiger partial charge is 0.347 e. The van der Waals surface area contributed by atoms with Crippen LogP contribution in [-0.4, -0.2) is 52.5 Å². The third-order valence-corrected chi connectivity index (χ3v) is 2.78. The summed E-state index contributed by atoms with van der Waals surface area (Å²) in [4.78, 5) is 32.1. The lowest BCUT2D eigenvalue weighted by Gasteiger charge is -2.37. The molecule has 6 nitrogen and oxygen atoms in total. The number of nitrogens with one attached hydrogen (secondary N) is 1. The van der Waals surface area contributed by atoms with Gasteiger partial charge in [0.05, 0.1) is 12.1 Å². The molecule has 1 aliphatic heterocycles. The molecule has 0 atom stereocenters. The summed E-state index contributed by atoms with van der Waals surface area (Å²) >= 11 is 0. The van der Waals surface area contributed by atoms with E-state index in [0.717, 1.165) is 0 Å². The van der Waals surface area contributed by atoms with Gasteiger partial charge >= 0.3 is 6.18 Å². The molecule has 0 unspecified atom stereocenters. The van der Waals surface area contributed by atoms with Crippen molar-refractivity contribution >= 4 is 11.8 Å². The van der Waals surface area contributed by atoms with Gasteiger partial charge in [-0.15, -0.1) is 0 Å². The molecule has 108 valence electrons. The Balaban J connectivity index is 1.80. The molecule has 0 spiro atoms. The number of carbonyl (C=O) groups excluding carboxylic acids is 2. The highest BCUT2D eigenvalue weighted by molar-refractivity contribution is 5.94. The van der Waals surface area contributed by atoms with Crippen molar-refractivity contribution in [2.75, 3.05) is 19.6 Å². The lowest BCUT2D eigenvalue weighted by atomic mass is 9.98. The van der Waals surface area contributed by atoms with Gasteiger partial charge in [-0.25, -0.2) is 4.98 Å². The highest BCUT2D eigenvalue weighted by atomic mass is 19.4.